The number of hydrogen-bond acceptors (Lipinski definition) is 6. The number of hydrogen-bond donors (Lipinski definition) is 2. The SMILES string of the molecule is C[C@@H]1C[C@@H](c2c[nH]nc2F)CN(C2(c3cnc4cnc(C(F)(F)F)cn34)N=CC=CN2)C1. The Morgan fingerprint density at radius 1 is 1.19 bits per heavy atom. The molecule has 5 heterocycles. The molecule has 3 aromatic rings. The fourth-order valence-electron chi connectivity index (χ4n) is 4.57. The Kier molecular flexibility index (Phi) is 4.77. The van der Waals surface area contributed by atoms with E-state index in [4.69, 9.17) is 0 Å². The standard InChI is InChI=1S/C20H20F4N8/c1-12-5-13(14-6-29-30-18(14)21)10-31(9-12)20(27-3-2-4-28-20)16-7-26-17-8-25-15(11-32(16)17)19(22,23)24/h2-4,6-8,11-13,27H,5,9-10H2,1H3,(H,29,30)/t12-,13-,20?/m1/s1. The van der Waals surface area contributed by atoms with E-state index in [1.54, 1.807) is 24.7 Å². The molecule has 32 heavy (non-hydrogen) atoms. The summed E-state index contributed by atoms with van der Waals surface area (Å²) < 4.78 is 55.6. The van der Waals surface area contributed by atoms with Gasteiger partial charge in [-0.1, -0.05) is 6.92 Å². The Hall–Kier alpha value is -3.28. The number of alkyl halides is 3. The van der Waals surface area contributed by atoms with Crippen LogP contribution >= 0.6 is 0 Å². The van der Waals surface area contributed by atoms with E-state index in [0.717, 1.165) is 18.8 Å². The molecule has 12 heteroatoms. The summed E-state index contributed by atoms with van der Waals surface area (Å²) in [6.07, 6.45) is 6.18. The zero-order chi connectivity index (χ0) is 22.5. The first kappa shape index (κ1) is 20.6. The molecule has 1 saturated heterocycles. The van der Waals surface area contributed by atoms with Gasteiger partial charge >= 0.3 is 6.18 Å². The van der Waals surface area contributed by atoms with Crippen LogP contribution in [0.3, 0.4) is 0 Å². The van der Waals surface area contributed by atoms with Crippen LogP contribution in [0.15, 0.2) is 42.1 Å². The van der Waals surface area contributed by atoms with Crippen molar-refractivity contribution < 1.29 is 17.6 Å². The van der Waals surface area contributed by atoms with Gasteiger partial charge < -0.3 is 5.32 Å². The molecular formula is C20H20F4N8. The number of aromatic amines is 1. The molecule has 0 saturated carbocycles. The van der Waals surface area contributed by atoms with Gasteiger partial charge in [0.2, 0.25) is 11.7 Å². The average molecular weight is 448 g/mol. The van der Waals surface area contributed by atoms with E-state index in [0.29, 0.717) is 24.3 Å². The Morgan fingerprint density at radius 3 is 2.72 bits per heavy atom. The molecule has 2 N–H and O–H groups in total. The average Bonchev–Trinajstić information content (AvgIpc) is 3.39. The molecule has 5 rings (SSSR count). The van der Waals surface area contributed by atoms with Crippen molar-refractivity contribution in [2.75, 3.05) is 13.1 Å². The number of rotatable bonds is 3. The number of imidazole rings is 1. The van der Waals surface area contributed by atoms with Crippen molar-refractivity contribution in [3.8, 4) is 0 Å². The minimum absolute atomic E-state index is 0.163. The van der Waals surface area contributed by atoms with Gasteiger partial charge in [0, 0.05) is 49.4 Å². The second-order valence-corrected chi connectivity index (χ2v) is 8.17. The first-order chi connectivity index (χ1) is 15.3. The fourth-order valence-corrected chi connectivity index (χ4v) is 4.57. The largest absolute Gasteiger partial charge is 0.434 e. The van der Waals surface area contributed by atoms with E-state index in [1.165, 1.54) is 10.6 Å². The lowest BCUT2D eigenvalue weighted by atomic mass is 9.85. The molecule has 0 bridgehead atoms. The first-order valence-electron chi connectivity index (χ1n) is 10.1. The lowest BCUT2D eigenvalue weighted by molar-refractivity contribution is -0.141. The predicted octanol–water partition coefficient (Wildman–Crippen LogP) is 3.03. The van der Waals surface area contributed by atoms with E-state index in [1.807, 2.05) is 11.8 Å². The summed E-state index contributed by atoms with van der Waals surface area (Å²) in [5, 5.41) is 9.38. The van der Waals surface area contributed by atoms with E-state index in [2.05, 4.69) is 30.5 Å². The summed E-state index contributed by atoms with van der Waals surface area (Å²) in [6, 6.07) is 0. The summed E-state index contributed by atoms with van der Waals surface area (Å²) >= 11 is 0. The van der Waals surface area contributed by atoms with Crippen LogP contribution in [0, 0.1) is 11.9 Å². The van der Waals surface area contributed by atoms with E-state index in [9.17, 15) is 17.6 Å². The molecule has 0 amide bonds. The highest BCUT2D eigenvalue weighted by Crippen LogP contribution is 2.39. The normalized spacial score (nSPS) is 26.5. The van der Waals surface area contributed by atoms with Crippen molar-refractivity contribution in [1.82, 2.24) is 34.8 Å². The molecule has 0 spiro atoms. The topological polar surface area (TPSA) is 86.5 Å². The quantitative estimate of drug-likeness (QED) is 0.602. The Balaban J connectivity index is 1.61. The molecule has 0 aromatic carbocycles. The lowest BCUT2D eigenvalue weighted by Crippen LogP contribution is -2.58. The summed E-state index contributed by atoms with van der Waals surface area (Å²) in [7, 11) is 0. The van der Waals surface area contributed by atoms with Gasteiger partial charge in [-0.15, -0.1) is 5.10 Å². The van der Waals surface area contributed by atoms with Crippen molar-refractivity contribution in [3.63, 3.8) is 0 Å². The molecule has 1 unspecified atom stereocenters. The zero-order valence-electron chi connectivity index (χ0n) is 17.0. The second-order valence-electron chi connectivity index (χ2n) is 8.17. The van der Waals surface area contributed by atoms with Crippen LogP contribution < -0.4 is 5.32 Å². The van der Waals surface area contributed by atoms with Crippen molar-refractivity contribution in [2.24, 2.45) is 10.9 Å². The molecular weight excluding hydrogens is 428 g/mol. The number of aromatic nitrogens is 5. The Labute approximate surface area is 180 Å². The minimum Gasteiger partial charge on any atom is -0.350 e. The van der Waals surface area contributed by atoms with Crippen molar-refractivity contribution in [1.29, 1.82) is 0 Å². The van der Waals surface area contributed by atoms with E-state index < -0.39 is 23.6 Å². The molecule has 0 aliphatic carbocycles. The Morgan fingerprint density at radius 2 is 2.03 bits per heavy atom. The van der Waals surface area contributed by atoms with Gasteiger partial charge in [-0.05, 0) is 18.4 Å². The van der Waals surface area contributed by atoms with Gasteiger partial charge in [0.15, 0.2) is 11.3 Å². The molecule has 0 radical (unpaired) electrons. The first-order valence-corrected chi connectivity index (χ1v) is 10.1. The van der Waals surface area contributed by atoms with Crippen molar-refractivity contribution in [3.05, 3.63) is 60.0 Å². The van der Waals surface area contributed by atoms with Crippen LogP contribution in [0.4, 0.5) is 17.6 Å². The third kappa shape index (κ3) is 3.34. The number of nitrogens with one attached hydrogen (secondary N) is 2. The maximum Gasteiger partial charge on any atom is 0.434 e. The summed E-state index contributed by atoms with van der Waals surface area (Å²) in [5.41, 5.74) is 0.122. The van der Waals surface area contributed by atoms with Gasteiger partial charge in [-0.2, -0.15) is 17.6 Å². The number of nitrogens with zero attached hydrogens (tertiary/aromatic N) is 6. The van der Waals surface area contributed by atoms with E-state index >= 15 is 0 Å². The van der Waals surface area contributed by atoms with Gasteiger partial charge in [0.1, 0.15) is 5.69 Å². The number of likely N-dealkylation sites (tertiary alicyclic amines) is 1. The number of halogens is 4. The van der Waals surface area contributed by atoms with Gasteiger partial charge in [-0.3, -0.25) is 14.4 Å². The fraction of sp³-hybridized carbons (Fsp3) is 0.400. The Bertz CT molecular complexity index is 1200. The smallest absolute Gasteiger partial charge is 0.350 e. The molecule has 2 aliphatic rings. The van der Waals surface area contributed by atoms with Crippen LogP contribution in [0.2, 0.25) is 0 Å². The van der Waals surface area contributed by atoms with Gasteiger partial charge in [0.25, 0.3) is 0 Å². The number of fused-ring (bicyclic) bond motifs is 1. The molecule has 3 aromatic heterocycles. The van der Waals surface area contributed by atoms with Crippen molar-refractivity contribution in [2.45, 2.75) is 31.2 Å². The highest BCUT2D eigenvalue weighted by molar-refractivity contribution is 5.72. The predicted molar refractivity (Wildman–Crippen MR) is 107 cm³/mol. The number of aliphatic imine (C=N–C) groups is 1. The molecule has 1 fully saturated rings. The second kappa shape index (κ2) is 7.40. The van der Waals surface area contributed by atoms with Crippen LogP contribution in [-0.4, -0.2) is 48.8 Å². The summed E-state index contributed by atoms with van der Waals surface area (Å²) in [6.45, 7) is 3.06. The maximum absolute atomic E-state index is 14.2. The monoisotopic (exact) mass is 448 g/mol. The molecule has 2 aliphatic heterocycles. The third-order valence-electron chi connectivity index (χ3n) is 5.95. The van der Waals surface area contributed by atoms with Gasteiger partial charge in [0.05, 0.1) is 12.4 Å². The number of H-pyrrole nitrogens is 1. The molecule has 168 valence electrons. The van der Waals surface area contributed by atoms with Crippen LogP contribution in [0.1, 0.15) is 36.2 Å². The zero-order valence-corrected chi connectivity index (χ0v) is 17.0. The highest BCUT2D eigenvalue weighted by atomic mass is 19.4. The van der Waals surface area contributed by atoms with E-state index in [-0.39, 0.29) is 17.5 Å². The van der Waals surface area contributed by atoms with Crippen LogP contribution in [-0.2, 0) is 12.0 Å². The number of piperidine rings is 1. The van der Waals surface area contributed by atoms with Crippen LogP contribution in [0.25, 0.3) is 5.65 Å². The number of allylic oxidation sites excluding steroid dienone is 1. The van der Waals surface area contributed by atoms with Crippen molar-refractivity contribution >= 4 is 11.9 Å². The van der Waals surface area contributed by atoms with Crippen LogP contribution in [0.5, 0.6) is 0 Å². The summed E-state index contributed by atoms with van der Waals surface area (Å²) in [4.78, 5) is 14.4. The summed E-state index contributed by atoms with van der Waals surface area (Å²) in [5.74, 6) is -1.75. The highest BCUT2D eigenvalue weighted by Gasteiger charge is 2.45. The molecule has 8 nitrogen and oxygen atoms in total. The maximum atomic E-state index is 14.2. The minimum atomic E-state index is -4.60. The van der Waals surface area contributed by atoms with Gasteiger partial charge in [-0.25, -0.2) is 15.0 Å². The lowest BCUT2D eigenvalue weighted by Gasteiger charge is -2.47. The molecule has 3 atom stereocenters. The third-order valence-corrected chi connectivity index (χ3v) is 5.95.